The van der Waals surface area contributed by atoms with E-state index >= 15 is 0 Å². The van der Waals surface area contributed by atoms with Crippen LogP contribution in [-0.2, 0) is 6.54 Å². The first-order valence-electron chi connectivity index (χ1n) is 7.44. The molecule has 0 aliphatic heterocycles. The Labute approximate surface area is 118 Å². The molecule has 0 spiro atoms. The predicted molar refractivity (Wildman–Crippen MR) is 81.7 cm³/mol. The Morgan fingerprint density at radius 2 is 1.74 bits per heavy atom. The minimum Gasteiger partial charge on any atom is -0.494 e. The number of rotatable bonds is 10. The summed E-state index contributed by atoms with van der Waals surface area (Å²) in [6.45, 7) is 12.7. The van der Waals surface area contributed by atoms with Crippen molar-refractivity contribution in [1.29, 1.82) is 0 Å². The van der Waals surface area contributed by atoms with E-state index in [0.29, 0.717) is 0 Å². The average Bonchev–Trinajstić information content (AvgIpc) is 2.45. The molecule has 1 aromatic carbocycles. The first kappa shape index (κ1) is 16.0. The third kappa shape index (κ3) is 6.60. The Bertz CT molecular complexity index is 320. The monoisotopic (exact) mass is 264 g/mol. The molecule has 0 heterocycles. The first-order valence-corrected chi connectivity index (χ1v) is 7.44. The SMILES string of the molecule is CCOc1ccc(CNCCCN(CC)CC)cc1. The van der Waals surface area contributed by atoms with Gasteiger partial charge in [-0.05, 0) is 57.2 Å². The zero-order valence-electron chi connectivity index (χ0n) is 12.6. The number of nitrogens with one attached hydrogen (secondary N) is 1. The van der Waals surface area contributed by atoms with E-state index in [0.717, 1.165) is 38.5 Å². The molecule has 0 radical (unpaired) electrons. The largest absolute Gasteiger partial charge is 0.494 e. The van der Waals surface area contributed by atoms with Crippen molar-refractivity contribution < 1.29 is 4.74 Å². The topological polar surface area (TPSA) is 24.5 Å². The molecule has 0 amide bonds. The Balaban J connectivity index is 2.15. The van der Waals surface area contributed by atoms with E-state index in [-0.39, 0.29) is 0 Å². The molecule has 1 aromatic rings. The molecular weight excluding hydrogens is 236 g/mol. The van der Waals surface area contributed by atoms with Crippen LogP contribution in [0.1, 0.15) is 32.8 Å². The second-order valence-electron chi connectivity index (χ2n) is 4.63. The van der Waals surface area contributed by atoms with Gasteiger partial charge in [0.1, 0.15) is 5.75 Å². The van der Waals surface area contributed by atoms with Gasteiger partial charge in [-0.2, -0.15) is 0 Å². The van der Waals surface area contributed by atoms with Gasteiger partial charge in [0, 0.05) is 6.54 Å². The smallest absolute Gasteiger partial charge is 0.119 e. The summed E-state index contributed by atoms with van der Waals surface area (Å²) >= 11 is 0. The third-order valence-electron chi connectivity index (χ3n) is 3.29. The van der Waals surface area contributed by atoms with Crippen molar-refractivity contribution in [3.8, 4) is 5.75 Å². The van der Waals surface area contributed by atoms with Crippen LogP contribution in [0.15, 0.2) is 24.3 Å². The highest BCUT2D eigenvalue weighted by Crippen LogP contribution is 2.11. The Hall–Kier alpha value is -1.06. The summed E-state index contributed by atoms with van der Waals surface area (Å²) in [5.74, 6) is 0.952. The van der Waals surface area contributed by atoms with E-state index < -0.39 is 0 Å². The highest BCUT2D eigenvalue weighted by molar-refractivity contribution is 5.27. The fraction of sp³-hybridized carbons (Fsp3) is 0.625. The van der Waals surface area contributed by atoms with Crippen LogP contribution < -0.4 is 10.1 Å². The molecule has 0 aliphatic carbocycles. The summed E-state index contributed by atoms with van der Waals surface area (Å²) in [5.41, 5.74) is 1.31. The molecule has 1 N–H and O–H groups in total. The van der Waals surface area contributed by atoms with Crippen LogP contribution in [0.5, 0.6) is 5.75 Å². The maximum absolute atomic E-state index is 5.43. The molecule has 0 aliphatic rings. The fourth-order valence-corrected chi connectivity index (χ4v) is 2.07. The zero-order chi connectivity index (χ0) is 13.9. The van der Waals surface area contributed by atoms with Crippen LogP contribution >= 0.6 is 0 Å². The first-order chi connectivity index (χ1) is 9.30. The molecule has 108 valence electrons. The standard InChI is InChI=1S/C16H28N2O/c1-4-18(5-2)13-7-12-17-14-15-8-10-16(11-9-15)19-6-3/h8-11,17H,4-7,12-14H2,1-3H3. The van der Waals surface area contributed by atoms with Gasteiger partial charge < -0.3 is 15.0 Å². The van der Waals surface area contributed by atoms with Gasteiger partial charge in [0.2, 0.25) is 0 Å². The van der Waals surface area contributed by atoms with Crippen molar-refractivity contribution >= 4 is 0 Å². The minimum absolute atomic E-state index is 0.725. The number of hydrogen-bond donors (Lipinski definition) is 1. The van der Waals surface area contributed by atoms with E-state index in [4.69, 9.17) is 4.74 Å². The average molecular weight is 264 g/mol. The van der Waals surface area contributed by atoms with Gasteiger partial charge in [0.25, 0.3) is 0 Å². The number of benzene rings is 1. The van der Waals surface area contributed by atoms with E-state index in [9.17, 15) is 0 Å². The number of nitrogens with zero attached hydrogens (tertiary/aromatic N) is 1. The van der Waals surface area contributed by atoms with Crippen LogP contribution in [0, 0.1) is 0 Å². The van der Waals surface area contributed by atoms with Crippen LogP contribution in [0.25, 0.3) is 0 Å². The lowest BCUT2D eigenvalue weighted by atomic mass is 10.2. The number of ether oxygens (including phenoxy) is 1. The molecule has 0 unspecified atom stereocenters. The van der Waals surface area contributed by atoms with E-state index in [1.165, 1.54) is 18.5 Å². The van der Waals surface area contributed by atoms with Crippen LogP contribution in [0.4, 0.5) is 0 Å². The van der Waals surface area contributed by atoms with E-state index in [2.05, 4.69) is 36.2 Å². The fourth-order valence-electron chi connectivity index (χ4n) is 2.07. The summed E-state index contributed by atoms with van der Waals surface area (Å²) in [6.07, 6.45) is 1.21. The lowest BCUT2D eigenvalue weighted by molar-refractivity contribution is 0.298. The predicted octanol–water partition coefficient (Wildman–Crippen LogP) is 2.91. The third-order valence-corrected chi connectivity index (χ3v) is 3.29. The number of hydrogen-bond acceptors (Lipinski definition) is 3. The van der Waals surface area contributed by atoms with Gasteiger partial charge in [-0.3, -0.25) is 0 Å². The van der Waals surface area contributed by atoms with Gasteiger partial charge in [0.15, 0.2) is 0 Å². The van der Waals surface area contributed by atoms with Crippen molar-refractivity contribution in [2.75, 3.05) is 32.8 Å². The normalized spacial score (nSPS) is 10.9. The van der Waals surface area contributed by atoms with Crippen LogP contribution in [0.2, 0.25) is 0 Å². The van der Waals surface area contributed by atoms with Crippen molar-refractivity contribution in [3.05, 3.63) is 29.8 Å². The molecule has 3 heteroatoms. The summed E-state index contributed by atoms with van der Waals surface area (Å²) in [5, 5.41) is 3.49. The highest BCUT2D eigenvalue weighted by atomic mass is 16.5. The molecule has 0 saturated carbocycles. The summed E-state index contributed by atoms with van der Waals surface area (Å²) < 4.78 is 5.43. The highest BCUT2D eigenvalue weighted by Gasteiger charge is 1.98. The Kier molecular flexibility index (Phi) is 8.26. The molecule has 19 heavy (non-hydrogen) atoms. The van der Waals surface area contributed by atoms with Gasteiger partial charge in [0.05, 0.1) is 6.61 Å². The van der Waals surface area contributed by atoms with Crippen molar-refractivity contribution in [2.45, 2.75) is 33.7 Å². The Morgan fingerprint density at radius 1 is 1.05 bits per heavy atom. The van der Waals surface area contributed by atoms with Crippen LogP contribution in [0.3, 0.4) is 0 Å². The molecule has 0 fully saturated rings. The molecule has 0 saturated heterocycles. The molecular formula is C16H28N2O. The van der Waals surface area contributed by atoms with Gasteiger partial charge in [-0.15, -0.1) is 0 Å². The molecule has 3 nitrogen and oxygen atoms in total. The molecule has 1 rings (SSSR count). The van der Waals surface area contributed by atoms with E-state index in [1.807, 2.05) is 19.1 Å². The molecule has 0 atom stereocenters. The molecule has 0 bridgehead atoms. The maximum Gasteiger partial charge on any atom is 0.119 e. The van der Waals surface area contributed by atoms with Crippen molar-refractivity contribution in [2.24, 2.45) is 0 Å². The quantitative estimate of drug-likeness (QED) is 0.658. The summed E-state index contributed by atoms with van der Waals surface area (Å²) in [7, 11) is 0. The van der Waals surface area contributed by atoms with Gasteiger partial charge in [-0.1, -0.05) is 26.0 Å². The van der Waals surface area contributed by atoms with E-state index in [1.54, 1.807) is 0 Å². The Morgan fingerprint density at radius 3 is 2.32 bits per heavy atom. The van der Waals surface area contributed by atoms with Crippen molar-refractivity contribution in [3.63, 3.8) is 0 Å². The zero-order valence-corrected chi connectivity index (χ0v) is 12.6. The van der Waals surface area contributed by atoms with Crippen LogP contribution in [-0.4, -0.2) is 37.7 Å². The van der Waals surface area contributed by atoms with Gasteiger partial charge in [-0.25, -0.2) is 0 Å². The van der Waals surface area contributed by atoms with Crippen molar-refractivity contribution in [1.82, 2.24) is 10.2 Å². The minimum atomic E-state index is 0.725. The summed E-state index contributed by atoms with van der Waals surface area (Å²) in [4.78, 5) is 2.46. The maximum atomic E-state index is 5.43. The second-order valence-corrected chi connectivity index (χ2v) is 4.63. The lowest BCUT2D eigenvalue weighted by Gasteiger charge is -2.17. The lowest BCUT2D eigenvalue weighted by Crippen LogP contribution is -2.27. The van der Waals surface area contributed by atoms with Gasteiger partial charge >= 0.3 is 0 Å². The second kappa shape index (κ2) is 9.82. The summed E-state index contributed by atoms with van der Waals surface area (Å²) in [6, 6.07) is 8.33. The molecule has 0 aromatic heterocycles.